The molecule has 1 saturated carbocycles. The molecule has 2 aliphatic carbocycles. The van der Waals surface area contributed by atoms with Crippen LogP contribution in [0.15, 0.2) is 36.7 Å². The number of Topliss-reactive ketones (excluding diaryl/α,β-unsaturated/α-hetero) is 1. The van der Waals surface area contributed by atoms with Crippen LogP contribution in [-0.4, -0.2) is 39.2 Å². The molecule has 2 bridgehead atoms. The number of fused-ring (bicyclic) bond motifs is 5. The number of aromatic nitrogens is 4. The minimum atomic E-state index is -0.667. The quantitative estimate of drug-likeness (QED) is 0.430. The maximum Gasteiger partial charge on any atom is 0.183 e. The number of hydrogen-bond donors (Lipinski definition) is 0. The largest absolute Gasteiger partial charge is 0.380 e. The molecule has 6 rings (SSSR count). The Kier molecular flexibility index (Phi) is 5.13. The molecular weight excluding hydrogens is 462 g/mol. The molecule has 3 heterocycles. The van der Waals surface area contributed by atoms with Gasteiger partial charge >= 0.3 is 0 Å². The smallest absolute Gasteiger partial charge is 0.183 e. The number of carbonyl (C=O) groups is 1. The Morgan fingerprint density at radius 3 is 2.56 bits per heavy atom. The lowest BCUT2D eigenvalue weighted by atomic mass is 9.66. The van der Waals surface area contributed by atoms with Gasteiger partial charge in [0, 0.05) is 18.0 Å². The normalized spacial score (nSPS) is 24.9. The van der Waals surface area contributed by atoms with Gasteiger partial charge in [-0.25, -0.2) is 13.8 Å². The van der Waals surface area contributed by atoms with Gasteiger partial charge in [-0.2, -0.15) is 5.10 Å². The second kappa shape index (κ2) is 7.93. The molecule has 2 aromatic heterocycles. The first-order valence-electron chi connectivity index (χ1n) is 12.5. The zero-order chi connectivity index (χ0) is 25.3. The third kappa shape index (κ3) is 3.06. The summed E-state index contributed by atoms with van der Waals surface area (Å²) in [5, 5.41) is 8.84. The van der Waals surface area contributed by atoms with Crippen molar-refractivity contribution in [3.63, 3.8) is 0 Å². The maximum absolute atomic E-state index is 14.5. The summed E-state index contributed by atoms with van der Waals surface area (Å²) >= 11 is 0. The molecule has 0 spiro atoms. The van der Waals surface area contributed by atoms with Crippen LogP contribution in [0.4, 0.5) is 8.78 Å². The minimum Gasteiger partial charge on any atom is -0.380 e. The summed E-state index contributed by atoms with van der Waals surface area (Å²) in [7, 11) is 0. The Bertz CT molecular complexity index is 1360. The summed E-state index contributed by atoms with van der Waals surface area (Å²) in [6.45, 7) is 7.60. The average molecular weight is 491 g/mol. The summed E-state index contributed by atoms with van der Waals surface area (Å²) in [5.41, 5.74) is 1.78. The Hall–Kier alpha value is -3.13. The van der Waals surface area contributed by atoms with E-state index >= 15 is 0 Å². The Morgan fingerprint density at radius 1 is 1.14 bits per heavy atom. The highest BCUT2D eigenvalue weighted by Gasteiger charge is 2.65. The third-order valence-corrected chi connectivity index (χ3v) is 9.06. The van der Waals surface area contributed by atoms with E-state index in [4.69, 9.17) is 9.72 Å². The fourth-order valence-corrected chi connectivity index (χ4v) is 6.72. The van der Waals surface area contributed by atoms with Gasteiger partial charge in [0.1, 0.15) is 17.3 Å². The van der Waals surface area contributed by atoms with E-state index in [0.717, 1.165) is 30.5 Å². The monoisotopic (exact) mass is 490 g/mol. The average Bonchev–Trinajstić information content (AvgIpc) is 3.22. The molecule has 0 N–H and O–H groups in total. The zero-order valence-electron chi connectivity index (χ0n) is 20.6. The van der Waals surface area contributed by atoms with Gasteiger partial charge < -0.3 is 4.74 Å². The van der Waals surface area contributed by atoms with Crippen molar-refractivity contribution >= 4 is 5.78 Å². The fraction of sp³-hybridized carbons (Fsp3) is 0.464. The van der Waals surface area contributed by atoms with Crippen LogP contribution in [0, 0.1) is 22.5 Å². The topological polar surface area (TPSA) is 77.9 Å². The molecule has 0 unspecified atom stereocenters. The van der Waals surface area contributed by atoms with Gasteiger partial charge in [-0.1, -0.05) is 26.8 Å². The van der Waals surface area contributed by atoms with E-state index in [1.807, 2.05) is 0 Å². The van der Waals surface area contributed by atoms with Crippen LogP contribution in [-0.2, 0) is 10.2 Å². The summed E-state index contributed by atoms with van der Waals surface area (Å²) < 4.78 is 34.4. The van der Waals surface area contributed by atoms with Gasteiger partial charge in [-0.3, -0.25) is 9.78 Å². The SMILES string of the molecule is CCC1(CC(=O)c2cncc([C@@]34CC[C@@H](c5cc(-c6c(F)cccc6F)nnc53)C4(C)C)n2)COC1. The predicted molar refractivity (Wildman–Crippen MR) is 128 cm³/mol. The first-order chi connectivity index (χ1) is 17.2. The Morgan fingerprint density at radius 2 is 1.89 bits per heavy atom. The second-order valence-corrected chi connectivity index (χ2v) is 11.1. The highest BCUT2D eigenvalue weighted by atomic mass is 19.1. The number of ketones is 1. The summed E-state index contributed by atoms with van der Waals surface area (Å²) in [6.07, 6.45) is 6.19. The lowest BCUT2D eigenvalue weighted by Crippen LogP contribution is -2.43. The molecule has 6 nitrogen and oxygen atoms in total. The summed E-state index contributed by atoms with van der Waals surface area (Å²) in [6, 6.07) is 5.56. The van der Waals surface area contributed by atoms with Crippen molar-refractivity contribution in [1.29, 1.82) is 0 Å². The first-order valence-corrected chi connectivity index (χ1v) is 12.5. The molecule has 3 aromatic rings. The number of hydrogen-bond acceptors (Lipinski definition) is 6. The van der Waals surface area contributed by atoms with Gasteiger partial charge in [0.15, 0.2) is 5.78 Å². The van der Waals surface area contributed by atoms with Gasteiger partial charge in [-0.15, -0.1) is 5.10 Å². The maximum atomic E-state index is 14.5. The predicted octanol–water partition coefficient (Wildman–Crippen LogP) is 5.41. The van der Waals surface area contributed by atoms with Gasteiger partial charge in [-0.05, 0) is 54.4 Å². The van der Waals surface area contributed by atoms with Gasteiger partial charge in [0.05, 0.1) is 47.5 Å². The van der Waals surface area contributed by atoms with Crippen molar-refractivity contribution < 1.29 is 18.3 Å². The van der Waals surface area contributed by atoms with E-state index in [9.17, 15) is 13.6 Å². The number of halogens is 2. The standard InChI is InChI=1S/C28H28F2N4O2/c1-4-27(14-36-15-27)11-22(35)21-12-31-13-23(32-21)28-9-8-17(26(28,2)3)16-10-20(33-34-25(16)28)24-18(29)6-5-7-19(24)30/h5-7,10,12-13,17H,4,8-9,11,14-15H2,1-3H3/t17-,28-/m0/s1. The number of ether oxygens (including phenoxy) is 1. The first kappa shape index (κ1) is 23.3. The number of nitrogens with zero attached hydrogens (tertiary/aromatic N) is 4. The number of rotatable bonds is 6. The van der Waals surface area contributed by atoms with Crippen molar-refractivity contribution in [2.24, 2.45) is 10.8 Å². The molecule has 8 heteroatoms. The third-order valence-electron chi connectivity index (χ3n) is 9.06. The van der Waals surface area contributed by atoms with Crippen molar-refractivity contribution in [3.05, 3.63) is 70.9 Å². The molecule has 3 aliphatic rings. The van der Waals surface area contributed by atoms with Crippen LogP contribution in [0.3, 0.4) is 0 Å². The van der Waals surface area contributed by atoms with Crippen LogP contribution in [0.2, 0.25) is 0 Å². The molecule has 2 fully saturated rings. The molecule has 0 radical (unpaired) electrons. The molecule has 186 valence electrons. The highest BCUT2D eigenvalue weighted by Crippen LogP contribution is 2.69. The summed E-state index contributed by atoms with van der Waals surface area (Å²) in [5.74, 6) is -1.25. The molecule has 1 aromatic carbocycles. The van der Waals surface area contributed by atoms with Crippen molar-refractivity contribution in [2.75, 3.05) is 13.2 Å². The Labute approximate surface area is 208 Å². The zero-order valence-corrected chi connectivity index (χ0v) is 20.6. The van der Waals surface area contributed by atoms with Crippen LogP contribution in [0.5, 0.6) is 0 Å². The molecular formula is C28H28F2N4O2. The van der Waals surface area contributed by atoms with E-state index in [2.05, 4.69) is 36.0 Å². The van der Waals surface area contributed by atoms with E-state index in [-0.39, 0.29) is 33.8 Å². The number of carbonyl (C=O) groups excluding carboxylic acids is 1. The van der Waals surface area contributed by atoms with Gasteiger partial charge in [0.2, 0.25) is 0 Å². The molecule has 36 heavy (non-hydrogen) atoms. The molecule has 2 atom stereocenters. The lowest BCUT2D eigenvalue weighted by Gasteiger charge is -2.40. The summed E-state index contributed by atoms with van der Waals surface area (Å²) in [4.78, 5) is 22.5. The van der Waals surface area contributed by atoms with Crippen LogP contribution >= 0.6 is 0 Å². The Balaban J connectivity index is 1.43. The highest BCUT2D eigenvalue weighted by molar-refractivity contribution is 5.94. The van der Waals surface area contributed by atoms with Crippen molar-refractivity contribution in [3.8, 4) is 11.3 Å². The fourth-order valence-electron chi connectivity index (χ4n) is 6.72. The minimum absolute atomic E-state index is 0.0343. The van der Waals surface area contributed by atoms with Crippen molar-refractivity contribution in [1.82, 2.24) is 20.2 Å². The molecule has 1 saturated heterocycles. The van der Waals surface area contributed by atoms with Gasteiger partial charge in [0.25, 0.3) is 0 Å². The van der Waals surface area contributed by atoms with Crippen molar-refractivity contribution in [2.45, 2.75) is 57.8 Å². The van der Waals surface area contributed by atoms with E-state index in [1.54, 1.807) is 12.3 Å². The van der Waals surface area contributed by atoms with Crippen LogP contribution in [0.25, 0.3) is 11.3 Å². The number of benzene rings is 1. The van der Waals surface area contributed by atoms with E-state index < -0.39 is 17.0 Å². The lowest BCUT2D eigenvalue weighted by molar-refractivity contribution is -0.113. The second-order valence-electron chi connectivity index (χ2n) is 11.1. The van der Waals surface area contributed by atoms with E-state index in [0.29, 0.717) is 31.0 Å². The van der Waals surface area contributed by atoms with E-state index in [1.165, 1.54) is 24.4 Å². The van der Waals surface area contributed by atoms with Crippen LogP contribution in [0.1, 0.15) is 79.8 Å². The van der Waals surface area contributed by atoms with Crippen LogP contribution < -0.4 is 0 Å². The molecule has 0 amide bonds. The molecule has 1 aliphatic heterocycles.